The number of hydrogen-bond donors (Lipinski definition) is 1. The van der Waals surface area contributed by atoms with E-state index < -0.39 is 17.7 Å². The van der Waals surface area contributed by atoms with Gasteiger partial charge in [-0.05, 0) is 44.1 Å². The highest BCUT2D eigenvalue weighted by Gasteiger charge is 2.42. The molecule has 0 atom stereocenters. The maximum Gasteiger partial charge on any atom is 0.429 e. The topological polar surface area (TPSA) is 84.9 Å². The minimum Gasteiger partial charge on any atom is -0.449 e. The molecule has 1 aliphatic carbocycles. The molecule has 0 heterocycles. The summed E-state index contributed by atoms with van der Waals surface area (Å²) in [5.74, 6) is -0.310. The molecule has 22 heavy (non-hydrogen) atoms. The SMILES string of the molecule is CCOC(=O)NN(C(=O)OCC)C1(C(C)C)C=CC(=O)C=C1. The predicted molar refractivity (Wildman–Crippen MR) is 79.9 cm³/mol. The van der Waals surface area contributed by atoms with Crippen molar-refractivity contribution in [2.75, 3.05) is 13.2 Å². The summed E-state index contributed by atoms with van der Waals surface area (Å²) in [6.07, 6.45) is 4.37. The van der Waals surface area contributed by atoms with Crippen LogP contribution in [0.25, 0.3) is 0 Å². The van der Waals surface area contributed by atoms with E-state index in [9.17, 15) is 14.4 Å². The molecule has 0 spiro atoms. The molecule has 0 aliphatic heterocycles. The van der Waals surface area contributed by atoms with Gasteiger partial charge in [-0.1, -0.05) is 13.8 Å². The fourth-order valence-electron chi connectivity index (χ4n) is 2.08. The molecule has 1 aliphatic rings. The van der Waals surface area contributed by atoms with Crippen LogP contribution in [0.5, 0.6) is 0 Å². The number of carbonyl (C=O) groups is 3. The van der Waals surface area contributed by atoms with Crippen LogP contribution >= 0.6 is 0 Å². The number of rotatable bonds is 4. The van der Waals surface area contributed by atoms with Gasteiger partial charge in [-0.15, -0.1) is 0 Å². The Morgan fingerprint density at radius 1 is 1.18 bits per heavy atom. The molecule has 0 aromatic carbocycles. The van der Waals surface area contributed by atoms with Crippen molar-refractivity contribution in [3.8, 4) is 0 Å². The van der Waals surface area contributed by atoms with Gasteiger partial charge in [0.05, 0.1) is 13.2 Å². The Morgan fingerprint density at radius 2 is 1.73 bits per heavy atom. The molecule has 0 saturated carbocycles. The second-order valence-electron chi connectivity index (χ2n) is 4.98. The zero-order chi connectivity index (χ0) is 16.8. The summed E-state index contributed by atoms with van der Waals surface area (Å²) in [7, 11) is 0. The number of nitrogens with zero attached hydrogens (tertiary/aromatic N) is 1. The minimum absolute atomic E-state index is 0.126. The fourth-order valence-corrected chi connectivity index (χ4v) is 2.08. The van der Waals surface area contributed by atoms with Crippen LogP contribution in [-0.2, 0) is 14.3 Å². The Balaban J connectivity index is 3.18. The zero-order valence-electron chi connectivity index (χ0n) is 13.3. The first-order valence-electron chi connectivity index (χ1n) is 7.20. The number of ketones is 1. The van der Waals surface area contributed by atoms with E-state index in [0.717, 1.165) is 5.01 Å². The number of nitrogens with one attached hydrogen (secondary N) is 1. The van der Waals surface area contributed by atoms with Crippen molar-refractivity contribution in [3.05, 3.63) is 24.3 Å². The zero-order valence-corrected chi connectivity index (χ0v) is 13.3. The molecule has 1 rings (SSSR count). The Hall–Kier alpha value is -2.31. The minimum atomic E-state index is -1.01. The molecule has 7 heteroatoms. The number of amides is 2. The maximum absolute atomic E-state index is 12.3. The van der Waals surface area contributed by atoms with Crippen LogP contribution in [0.4, 0.5) is 9.59 Å². The third-order valence-electron chi connectivity index (χ3n) is 3.27. The molecule has 0 aromatic rings. The smallest absolute Gasteiger partial charge is 0.429 e. The van der Waals surface area contributed by atoms with Gasteiger partial charge in [0.2, 0.25) is 0 Å². The van der Waals surface area contributed by atoms with Gasteiger partial charge < -0.3 is 9.47 Å². The standard InChI is InChI=1S/C15H22N2O5/c1-5-21-13(19)16-17(14(20)22-6-2)15(11(3)4)9-7-12(18)8-10-15/h7-11H,5-6H2,1-4H3,(H,16,19). The van der Waals surface area contributed by atoms with Crippen LogP contribution in [0.1, 0.15) is 27.7 Å². The quantitative estimate of drug-likeness (QED) is 0.805. The van der Waals surface area contributed by atoms with Crippen molar-refractivity contribution in [3.63, 3.8) is 0 Å². The van der Waals surface area contributed by atoms with Crippen molar-refractivity contribution in [2.45, 2.75) is 33.2 Å². The molecule has 2 amide bonds. The molecule has 0 aromatic heterocycles. The van der Waals surface area contributed by atoms with E-state index in [-0.39, 0.29) is 24.9 Å². The third kappa shape index (κ3) is 3.87. The monoisotopic (exact) mass is 310 g/mol. The Labute approximate surface area is 129 Å². The second-order valence-corrected chi connectivity index (χ2v) is 4.98. The molecule has 1 N–H and O–H groups in total. The summed E-state index contributed by atoms with van der Waals surface area (Å²) in [5.41, 5.74) is 1.39. The van der Waals surface area contributed by atoms with Crippen LogP contribution < -0.4 is 5.43 Å². The van der Waals surface area contributed by atoms with Crippen LogP contribution in [0.2, 0.25) is 0 Å². The van der Waals surface area contributed by atoms with Crippen molar-refractivity contribution in [1.29, 1.82) is 0 Å². The van der Waals surface area contributed by atoms with E-state index in [1.165, 1.54) is 12.2 Å². The van der Waals surface area contributed by atoms with E-state index >= 15 is 0 Å². The van der Waals surface area contributed by atoms with Gasteiger partial charge in [-0.2, -0.15) is 0 Å². The number of carbonyl (C=O) groups excluding carboxylic acids is 3. The highest BCUT2D eigenvalue weighted by atomic mass is 16.6. The summed E-state index contributed by atoms with van der Waals surface area (Å²) in [6, 6.07) is 0. The summed E-state index contributed by atoms with van der Waals surface area (Å²) in [5, 5.41) is 1.05. The van der Waals surface area contributed by atoms with Gasteiger partial charge >= 0.3 is 12.2 Å². The van der Waals surface area contributed by atoms with E-state index in [0.29, 0.717) is 0 Å². The second kappa shape index (κ2) is 7.63. The van der Waals surface area contributed by atoms with Crippen molar-refractivity contribution in [1.82, 2.24) is 10.4 Å². The first kappa shape index (κ1) is 17.7. The molecule has 0 bridgehead atoms. The molecule has 122 valence electrons. The van der Waals surface area contributed by atoms with E-state index in [1.807, 2.05) is 13.8 Å². The highest BCUT2D eigenvalue weighted by Crippen LogP contribution is 2.30. The van der Waals surface area contributed by atoms with Crippen LogP contribution in [0.3, 0.4) is 0 Å². The van der Waals surface area contributed by atoms with Gasteiger partial charge in [0.15, 0.2) is 5.78 Å². The molecular weight excluding hydrogens is 288 g/mol. The number of ether oxygens (including phenoxy) is 2. The summed E-state index contributed by atoms with van der Waals surface area (Å²) < 4.78 is 9.83. The third-order valence-corrected chi connectivity index (χ3v) is 3.27. The summed E-state index contributed by atoms with van der Waals surface area (Å²) >= 11 is 0. The largest absolute Gasteiger partial charge is 0.449 e. The normalized spacial score (nSPS) is 15.6. The lowest BCUT2D eigenvalue weighted by molar-refractivity contribution is -0.110. The first-order valence-corrected chi connectivity index (χ1v) is 7.20. The van der Waals surface area contributed by atoms with Gasteiger partial charge in [0.25, 0.3) is 0 Å². The van der Waals surface area contributed by atoms with E-state index in [2.05, 4.69) is 5.43 Å². The van der Waals surface area contributed by atoms with Crippen molar-refractivity contribution >= 4 is 18.0 Å². The summed E-state index contributed by atoms with van der Waals surface area (Å²) in [6.45, 7) is 7.37. The van der Waals surface area contributed by atoms with Crippen molar-refractivity contribution in [2.24, 2.45) is 5.92 Å². The molecule has 0 saturated heterocycles. The Morgan fingerprint density at radius 3 is 2.18 bits per heavy atom. The predicted octanol–water partition coefficient (Wildman–Crippen LogP) is 2.20. The maximum atomic E-state index is 12.3. The molecule has 0 unspecified atom stereocenters. The van der Waals surface area contributed by atoms with Crippen LogP contribution in [0.15, 0.2) is 24.3 Å². The molecule has 0 fully saturated rings. The molecular formula is C15H22N2O5. The lowest BCUT2D eigenvalue weighted by atomic mass is 9.82. The average molecular weight is 310 g/mol. The summed E-state index contributed by atoms with van der Waals surface area (Å²) in [4.78, 5) is 35.4. The van der Waals surface area contributed by atoms with Gasteiger partial charge in [-0.25, -0.2) is 20.0 Å². The highest BCUT2D eigenvalue weighted by molar-refractivity contribution is 6.01. The Bertz CT molecular complexity index is 480. The fraction of sp³-hybridized carbons (Fsp3) is 0.533. The Kier molecular flexibility index (Phi) is 6.15. The lowest BCUT2D eigenvalue weighted by Gasteiger charge is -2.42. The lowest BCUT2D eigenvalue weighted by Crippen LogP contribution is -2.61. The van der Waals surface area contributed by atoms with Crippen LogP contribution in [-0.4, -0.2) is 41.7 Å². The van der Waals surface area contributed by atoms with Crippen molar-refractivity contribution < 1.29 is 23.9 Å². The van der Waals surface area contributed by atoms with E-state index in [1.54, 1.807) is 26.0 Å². The van der Waals surface area contributed by atoms with E-state index in [4.69, 9.17) is 9.47 Å². The van der Waals surface area contributed by atoms with Gasteiger partial charge in [0, 0.05) is 0 Å². The van der Waals surface area contributed by atoms with Crippen LogP contribution in [0, 0.1) is 5.92 Å². The number of allylic oxidation sites excluding steroid dienone is 2. The average Bonchev–Trinajstić information content (AvgIpc) is 2.46. The molecule has 0 radical (unpaired) electrons. The van der Waals surface area contributed by atoms with Gasteiger partial charge in [0.1, 0.15) is 5.54 Å². The molecule has 7 nitrogen and oxygen atoms in total. The number of hydrogen-bond acceptors (Lipinski definition) is 5. The number of hydrazine groups is 1. The van der Waals surface area contributed by atoms with Gasteiger partial charge in [-0.3, -0.25) is 4.79 Å². The first-order chi connectivity index (χ1) is 10.4.